The summed E-state index contributed by atoms with van der Waals surface area (Å²) in [6.45, 7) is 4.19. The number of carbonyl (C=O) groups is 1. The minimum Gasteiger partial charge on any atom is -0.355 e. The van der Waals surface area contributed by atoms with Crippen molar-refractivity contribution in [3.63, 3.8) is 0 Å². The molecule has 3 fully saturated rings. The third-order valence-corrected chi connectivity index (χ3v) is 6.89. The van der Waals surface area contributed by atoms with E-state index in [1.807, 2.05) is 12.1 Å². The van der Waals surface area contributed by atoms with Gasteiger partial charge in [0.2, 0.25) is 5.91 Å². The molecule has 2 aliphatic carbocycles. The molecule has 3 aliphatic rings. The molecule has 0 radical (unpaired) electrons. The van der Waals surface area contributed by atoms with Gasteiger partial charge in [0.1, 0.15) is 0 Å². The summed E-state index contributed by atoms with van der Waals surface area (Å²) in [5.41, 5.74) is 1.44. The van der Waals surface area contributed by atoms with Gasteiger partial charge in [0.05, 0.1) is 0 Å². The highest BCUT2D eigenvalue weighted by molar-refractivity contribution is 6.30. The van der Waals surface area contributed by atoms with Gasteiger partial charge in [-0.1, -0.05) is 43.0 Å². The van der Waals surface area contributed by atoms with Gasteiger partial charge in [0, 0.05) is 37.1 Å². The Labute approximate surface area is 156 Å². The van der Waals surface area contributed by atoms with Crippen LogP contribution in [0.3, 0.4) is 0 Å². The predicted molar refractivity (Wildman–Crippen MR) is 102 cm³/mol. The Kier molecular flexibility index (Phi) is 5.33. The highest BCUT2D eigenvalue weighted by Crippen LogP contribution is 2.51. The molecule has 3 nitrogen and oxygen atoms in total. The molecule has 1 N–H and O–H groups in total. The second-order valence-electron chi connectivity index (χ2n) is 8.20. The Morgan fingerprint density at radius 3 is 2.64 bits per heavy atom. The highest BCUT2D eigenvalue weighted by Gasteiger charge is 2.47. The Hall–Kier alpha value is -1.06. The first kappa shape index (κ1) is 17.4. The summed E-state index contributed by atoms with van der Waals surface area (Å²) in [7, 11) is 0. The lowest BCUT2D eigenvalue weighted by atomic mass is 9.64. The average molecular weight is 361 g/mol. The number of hydrogen-bond acceptors (Lipinski definition) is 2. The molecule has 136 valence electrons. The summed E-state index contributed by atoms with van der Waals surface area (Å²) in [6.07, 6.45) is 7.22. The van der Waals surface area contributed by atoms with Gasteiger partial charge >= 0.3 is 0 Å². The maximum absolute atomic E-state index is 12.2. The van der Waals surface area contributed by atoms with Gasteiger partial charge < -0.3 is 10.2 Å². The van der Waals surface area contributed by atoms with Crippen LogP contribution in [0, 0.1) is 17.8 Å². The van der Waals surface area contributed by atoms with Crippen molar-refractivity contribution in [1.29, 1.82) is 0 Å². The molecule has 0 spiro atoms. The second-order valence-corrected chi connectivity index (χ2v) is 8.64. The normalized spacial score (nSPS) is 29.9. The number of nitrogens with zero attached hydrogens (tertiary/aromatic N) is 1. The van der Waals surface area contributed by atoms with Crippen LogP contribution in [-0.2, 0) is 4.79 Å². The van der Waals surface area contributed by atoms with E-state index in [-0.39, 0.29) is 5.92 Å². The Balaban J connectivity index is 1.21. The number of amides is 1. The smallest absolute Gasteiger partial charge is 0.223 e. The average Bonchev–Trinajstić information content (AvgIpc) is 2.94. The molecule has 25 heavy (non-hydrogen) atoms. The van der Waals surface area contributed by atoms with E-state index in [2.05, 4.69) is 22.3 Å². The van der Waals surface area contributed by atoms with Crippen LogP contribution in [0.25, 0.3) is 0 Å². The lowest BCUT2D eigenvalue weighted by Gasteiger charge is -2.40. The SMILES string of the molecule is O=C(NCCN1CC2CC(c3ccc(Cl)cc3)C2C1)C1CCCCC1. The van der Waals surface area contributed by atoms with Crippen molar-refractivity contribution in [3.8, 4) is 0 Å². The minimum absolute atomic E-state index is 0.276. The Bertz CT molecular complexity index is 596. The van der Waals surface area contributed by atoms with E-state index in [0.29, 0.717) is 11.8 Å². The van der Waals surface area contributed by atoms with Crippen molar-refractivity contribution in [2.45, 2.75) is 44.4 Å². The molecule has 2 saturated carbocycles. The van der Waals surface area contributed by atoms with Crippen LogP contribution < -0.4 is 5.32 Å². The van der Waals surface area contributed by atoms with Gasteiger partial charge in [-0.25, -0.2) is 0 Å². The van der Waals surface area contributed by atoms with E-state index in [0.717, 1.165) is 42.8 Å². The summed E-state index contributed by atoms with van der Waals surface area (Å²) >= 11 is 6.01. The fourth-order valence-corrected chi connectivity index (χ4v) is 5.25. The van der Waals surface area contributed by atoms with Crippen molar-refractivity contribution < 1.29 is 4.79 Å². The van der Waals surface area contributed by atoms with E-state index in [1.54, 1.807) is 0 Å². The number of nitrogens with one attached hydrogen (secondary N) is 1. The van der Waals surface area contributed by atoms with Crippen LogP contribution in [0.5, 0.6) is 0 Å². The Morgan fingerprint density at radius 2 is 1.88 bits per heavy atom. The fourth-order valence-electron chi connectivity index (χ4n) is 5.12. The molecule has 3 unspecified atom stereocenters. The first-order valence-corrected chi connectivity index (χ1v) is 10.3. The topological polar surface area (TPSA) is 32.3 Å². The minimum atomic E-state index is 0.276. The van der Waals surface area contributed by atoms with Gasteiger partial charge in [0.25, 0.3) is 0 Å². The van der Waals surface area contributed by atoms with E-state index in [9.17, 15) is 4.79 Å². The van der Waals surface area contributed by atoms with Crippen LogP contribution in [-0.4, -0.2) is 37.0 Å². The number of carbonyl (C=O) groups excluding carboxylic acids is 1. The van der Waals surface area contributed by atoms with Crippen molar-refractivity contribution in [2.75, 3.05) is 26.2 Å². The molecule has 0 bridgehead atoms. The van der Waals surface area contributed by atoms with Crippen molar-refractivity contribution in [1.82, 2.24) is 10.2 Å². The maximum atomic E-state index is 12.2. The van der Waals surface area contributed by atoms with Crippen molar-refractivity contribution >= 4 is 17.5 Å². The number of halogens is 1. The first-order valence-electron chi connectivity index (χ1n) is 9.96. The summed E-state index contributed by atoms with van der Waals surface area (Å²) in [5, 5.41) is 4.00. The van der Waals surface area contributed by atoms with Gasteiger partial charge in [-0.15, -0.1) is 0 Å². The van der Waals surface area contributed by atoms with Gasteiger partial charge in [-0.3, -0.25) is 4.79 Å². The molecule has 1 saturated heterocycles. The number of fused-ring (bicyclic) bond motifs is 1. The molecule has 4 rings (SSSR count). The van der Waals surface area contributed by atoms with E-state index in [4.69, 9.17) is 11.6 Å². The quantitative estimate of drug-likeness (QED) is 0.858. The zero-order valence-corrected chi connectivity index (χ0v) is 15.7. The molecule has 0 aromatic heterocycles. The molecular weight excluding hydrogens is 332 g/mol. The predicted octanol–water partition coefficient (Wildman–Crippen LogP) is 4.07. The first-order chi connectivity index (χ1) is 12.2. The van der Waals surface area contributed by atoms with Gasteiger partial charge in [-0.05, 0) is 54.7 Å². The number of hydrogen-bond donors (Lipinski definition) is 1. The summed E-state index contributed by atoms with van der Waals surface area (Å²) in [6, 6.07) is 8.40. The van der Waals surface area contributed by atoms with Crippen LogP contribution in [0.15, 0.2) is 24.3 Å². The molecule has 4 heteroatoms. The molecule has 1 aromatic carbocycles. The molecule has 3 atom stereocenters. The largest absolute Gasteiger partial charge is 0.355 e. The maximum Gasteiger partial charge on any atom is 0.223 e. The molecule has 1 amide bonds. The van der Waals surface area contributed by atoms with Crippen LogP contribution in [0.1, 0.15) is 50.0 Å². The third kappa shape index (κ3) is 3.88. The number of benzene rings is 1. The van der Waals surface area contributed by atoms with Crippen LogP contribution in [0.4, 0.5) is 0 Å². The lowest BCUT2D eigenvalue weighted by Crippen LogP contribution is -2.37. The summed E-state index contributed by atoms with van der Waals surface area (Å²) in [4.78, 5) is 14.8. The monoisotopic (exact) mass is 360 g/mol. The molecule has 1 aliphatic heterocycles. The van der Waals surface area contributed by atoms with Crippen LogP contribution >= 0.6 is 11.6 Å². The summed E-state index contributed by atoms with van der Waals surface area (Å²) in [5.74, 6) is 2.90. The standard InChI is InChI=1S/C21H29ClN2O/c22-18-8-6-15(7-9-18)19-12-17-13-24(14-20(17)19)11-10-23-21(25)16-4-2-1-3-5-16/h6-9,16-17,19-20H,1-5,10-14H2,(H,23,25). The fraction of sp³-hybridized carbons (Fsp3) is 0.667. The van der Waals surface area contributed by atoms with Crippen LogP contribution in [0.2, 0.25) is 5.02 Å². The van der Waals surface area contributed by atoms with Crippen molar-refractivity contribution in [3.05, 3.63) is 34.9 Å². The Morgan fingerprint density at radius 1 is 1.12 bits per heavy atom. The molecule has 1 heterocycles. The second kappa shape index (κ2) is 7.67. The number of likely N-dealkylation sites (tertiary alicyclic amines) is 1. The van der Waals surface area contributed by atoms with E-state index >= 15 is 0 Å². The third-order valence-electron chi connectivity index (χ3n) is 6.64. The van der Waals surface area contributed by atoms with Crippen molar-refractivity contribution in [2.24, 2.45) is 17.8 Å². The van der Waals surface area contributed by atoms with Gasteiger partial charge in [-0.2, -0.15) is 0 Å². The zero-order chi connectivity index (χ0) is 17.2. The highest BCUT2D eigenvalue weighted by atomic mass is 35.5. The molecular formula is C21H29ClN2O. The van der Waals surface area contributed by atoms with E-state index in [1.165, 1.54) is 44.3 Å². The number of rotatable bonds is 5. The van der Waals surface area contributed by atoms with Gasteiger partial charge in [0.15, 0.2) is 0 Å². The summed E-state index contributed by atoms with van der Waals surface area (Å²) < 4.78 is 0. The van der Waals surface area contributed by atoms with E-state index < -0.39 is 0 Å². The molecule has 1 aromatic rings. The lowest BCUT2D eigenvalue weighted by molar-refractivity contribution is -0.125. The zero-order valence-electron chi connectivity index (χ0n) is 14.9.